The number of carbonyl (C=O) groups is 2. The van der Waals surface area contributed by atoms with Gasteiger partial charge in [-0.3, -0.25) is 9.59 Å². The predicted octanol–water partition coefficient (Wildman–Crippen LogP) is -0.791. The van der Waals surface area contributed by atoms with Crippen molar-refractivity contribution in [2.45, 2.75) is 6.92 Å². The van der Waals surface area contributed by atoms with Crippen LogP contribution in [0.4, 0.5) is 0 Å². The van der Waals surface area contributed by atoms with E-state index in [1.165, 1.54) is 14.0 Å². The maximum absolute atomic E-state index is 10.6. The van der Waals surface area contributed by atoms with E-state index < -0.39 is 17.3 Å². The van der Waals surface area contributed by atoms with E-state index in [2.05, 4.69) is 4.74 Å². The van der Waals surface area contributed by atoms with E-state index in [1.807, 2.05) is 0 Å². The maximum Gasteiger partial charge on any atom is 0.321 e. The molecule has 0 aromatic carbocycles. The molecular formula is C6H11NO4. The molecule has 64 valence electrons. The zero-order chi connectivity index (χ0) is 9.07. The lowest BCUT2D eigenvalue weighted by molar-refractivity contribution is -0.156. The lowest BCUT2D eigenvalue weighted by Gasteiger charge is -2.18. The second kappa shape index (κ2) is 3.34. The molecule has 0 aliphatic heterocycles. The topological polar surface area (TPSA) is 89.6 Å². The molecule has 0 radical (unpaired) electrons. The number of primary amides is 1. The van der Waals surface area contributed by atoms with Gasteiger partial charge in [0.05, 0.1) is 6.61 Å². The molecule has 0 aromatic heterocycles. The molecule has 0 rings (SSSR count). The number of hydrogen-bond acceptors (Lipinski definition) is 3. The lowest BCUT2D eigenvalue weighted by atomic mass is 9.91. The quantitative estimate of drug-likeness (QED) is 0.528. The van der Waals surface area contributed by atoms with Crippen LogP contribution >= 0.6 is 0 Å². The van der Waals surface area contributed by atoms with Crippen molar-refractivity contribution in [1.82, 2.24) is 0 Å². The Labute approximate surface area is 64.1 Å². The molecule has 1 unspecified atom stereocenters. The number of nitrogens with two attached hydrogens (primary N) is 1. The summed E-state index contributed by atoms with van der Waals surface area (Å²) >= 11 is 0. The van der Waals surface area contributed by atoms with E-state index in [9.17, 15) is 9.59 Å². The van der Waals surface area contributed by atoms with Crippen LogP contribution in [-0.2, 0) is 14.3 Å². The fourth-order valence-electron chi connectivity index (χ4n) is 0.527. The van der Waals surface area contributed by atoms with E-state index >= 15 is 0 Å². The number of amides is 1. The van der Waals surface area contributed by atoms with Gasteiger partial charge in [-0.2, -0.15) is 0 Å². The van der Waals surface area contributed by atoms with Gasteiger partial charge in [-0.15, -0.1) is 0 Å². The third-order valence-corrected chi connectivity index (χ3v) is 1.45. The van der Waals surface area contributed by atoms with Crippen LogP contribution in [0.2, 0.25) is 0 Å². The predicted molar refractivity (Wildman–Crippen MR) is 36.8 cm³/mol. The number of carbonyl (C=O) groups excluding carboxylic acids is 1. The summed E-state index contributed by atoms with van der Waals surface area (Å²) in [5.41, 5.74) is 3.24. The largest absolute Gasteiger partial charge is 0.480 e. The first-order valence-electron chi connectivity index (χ1n) is 2.97. The molecule has 5 heteroatoms. The van der Waals surface area contributed by atoms with Crippen molar-refractivity contribution in [2.24, 2.45) is 11.1 Å². The minimum Gasteiger partial charge on any atom is -0.480 e. The lowest BCUT2D eigenvalue weighted by Crippen LogP contribution is -2.44. The van der Waals surface area contributed by atoms with Crippen LogP contribution in [0.1, 0.15) is 6.92 Å². The van der Waals surface area contributed by atoms with Gasteiger partial charge in [-0.05, 0) is 6.92 Å². The highest BCUT2D eigenvalue weighted by Gasteiger charge is 2.39. The van der Waals surface area contributed by atoms with E-state index in [0.717, 1.165) is 0 Å². The number of aliphatic carboxylic acids is 1. The first-order chi connectivity index (χ1) is 4.95. The molecule has 0 bridgehead atoms. The molecule has 0 saturated carbocycles. The SMILES string of the molecule is COCC(C)(C(N)=O)C(=O)O. The van der Waals surface area contributed by atoms with Crippen molar-refractivity contribution in [3.63, 3.8) is 0 Å². The summed E-state index contributed by atoms with van der Waals surface area (Å²) in [5.74, 6) is -2.17. The molecule has 0 spiro atoms. The Hall–Kier alpha value is -1.10. The van der Waals surface area contributed by atoms with Gasteiger partial charge in [-0.25, -0.2) is 0 Å². The van der Waals surface area contributed by atoms with Gasteiger partial charge in [0.15, 0.2) is 5.41 Å². The van der Waals surface area contributed by atoms with Crippen LogP contribution < -0.4 is 5.73 Å². The number of methoxy groups -OCH3 is 1. The van der Waals surface area contributed by atoms with Crippen LogP contribution in [0.5, 0.6) is 0 Å². The van der Waals surface area contributed by atoms with Gasteiger partial charge in [0.2, 0.25) is 5.91 Å². The maximum atomic E-state index is 10.6. The fraction of sp³-hybridized carbons (Fsp3) is 0.667. The van der Waals surface area contributed by atoms with Gasteiger partial charge in [0.1, 0.15) is 0 Å². The molecule has 1 amide bonds. The summed E-state index contributed by atoms with van der Waals surface area (Å²) in [6, 6.07) is 0. The van der Waals surface area contributed by atoms with E-state index in [1.54, 1.807) is 0 Å². The van der Waals surface area contributed by atoms with Gasteiger partial charge < -0.3 is 15.6 Å². The van der Waals surface area contributed by atoms with E-state index in [-0.39, 0.29) is 6.61 Å². The van der Waals surface area contributed by atoms with Gasteiger partial charge >= 0.3 is 5.97 Å². The molecule has 5 nitrogen and oxygen atoms in total. The fourth-order valence-corrected chi connectivity index (χ4v) is 0.527. The Morgan fingerprint density at radius 1 is 1.64 bits per heavy atom. The Balaban J connectivity index is 4.52. The smallest absolute Gasteiger partial charge is 0.321 e. The molecule has 0 aliphatic rings. The number of hydrogen-bond donors (Lipinski definition) is 2. The standard InChI is InChI=1S/C6H11NO4/c1-6(3-11-2,4(7)8)5(9)10/h3H2,1-2H3,(H2,7,8)(H,9,10). The average Bonchev–Trinajstić information content (AvgIpc) is 1.87. The van der Waals surface area contributed by atoms with Crippen molar-refractivity contribution in [1.29, 1.82) is 0 Å². The summed E-state index contributed by atoms with van der Waals surface area (Å²) in [6.45, 7) is 1.01. The summed E-state index contributed by atoms with van der Waals surface area (Å²) in [4.78, 5) is 21.1. The number of carboxylic acids is 1. The third-order valence-electron chi connectivity index (χ3n) is 1.45. The molecule has 3 N–H and O–H groups in total. The molecule has 0 heterocycles. The monoisotopic (exact) mass is 161 g/mol. The summed E-state index contributed by atoms with van der Waals surface area (Å²) in [5, 5.41) is 8.55. The molecular weight excluding hydrogens is 150 g/mol. The summed E-state index contributed by atoms with van der Waals surface area (Å²) < 4.78 is 4.55. The average molecular weight is 161 g/mol. The van der Waals surface area contributed by atoms with Crippen LogP contribution in [0, 0.1) is 5.41 Å². The zero-order valence-electron chi connectivity index (χ0n) is 6.46. The highest BCUT2D eigenvalue weighted by molar-refractivity contribution is 6.00. The summed E-state index contributed by atoms with van der Waals surface area (Å²) in [7, 11) is 1.31. The number of carboxylic acid groups (broad SMARTS) is 1. The minimum absolute atomic E-state index is 0.211. The molecule has 0 saturated heterocycles. The van der Waals surface area contributed by atoms with Crippen molar-refractivity contribution < 1.29 is 19.4 Å². The molecule has 0 fully saturated rings. The van der Waals surface area contributed by atoms with Crippen LogP contribution in [0.3, 0.4) is 0 Å². The highest BCUT2D eigenvalue weighted by atomic mass is 16.5. The van der Waals surface area contributed by atoms with Gasteiger partial charge in [0, 0.05) is 7.11 Å². The second-order valence-electron chi connectivity index (χ2n) is 2.43. The first kappa shape index (κ1) is 9.90. The van der Waals surface area contributed by atoms with Gasteiger partial charge in [0.25, 0.3) is 0 Å². The molecule has 0 aliphatic carbocycles. The zero-order valence-corrected chi connectivity index (χ0v) is 6.46. The third kappa shape index (κ3) is 1.91. The van der Waals surface area contributed by atoms with Crippen molar-refractivity contribution in [3.8, 4) is 0 Å². The molecule has 11 heavy (non-hydrogen) atoms. The van der Waals surface area contributed by atoms with E-state index in [0.29, 0.717) is 0 Å². The number of rotatable bonds is 4. The van der Waals surface area contributed by atoms with Crippen LogP contribution in [0.25, 0.3) is 0 Å². The molecule has 0 aromatic rings. The Bertz CT molecular complexity index is 163. The Kier molecular flexibility index (Phi) is 3.00. The molecule has 1 atom stereocenters. The first-order valence-corrected chi connectivity index (χ1v) is 2.97. The number of ether oxygens (including phenoxy) is 1. The Morgan fingerprint density at radius 3 is 2.18 bits per heavy atom. The van der Waals surface area contributed by atoms with Gasteiger partial charge in [-0.1, -0.05) is 0 Å². The normalized spacial score (nSPS) is 15.5. The van der Waals surface area contributed by atoms with Crippen molar-refractivity contribution >= 4 is 11.9 Å². The van der Waals surface area contributed by atoms with E-state index in [4.69, 9.17) is 10.8 Å². The summed E-state index contributed by atoms with van der Waals surface area (Å²) in [6.07, 6.45) is 0. The van der Waals surface area contributed by atoms with Crippen LogP contribution in [0.15, 0.2) is 0 Å². The van der Waals surface area contributed by atoms with Crippen molar-refractivity contribution in [2.75, 3.05) is 13.7 Å². The minimum atomic E-state index is -1.62. The Morgan fingerprint density at radius 2 is 2.09 bits per heavy atom. The second-order valence-corrected chi connectivity index (χ2v) is 2.43. The van der Waals surface area contributed by atoms with Crippen LogP contribution in [-0.4, -0.2) is 30.7 Å². The highest BCUT2D eigenvalue weighted by Crippen LogP contribution is 2.15. The van der Waals surface area contributed by atoms with Crippen molar-refractivity contribution in [3.05, 3.63) is 0 Å².